The molecule has 3 nitrogen and oxygen atoms in total. The molecule has 1 aromatic rings. The first-order valence-corrected chi connectivity index (χ1v) is 8.67. The van der Waals surface area contributed by atoms with Crippen LogP contribution in [0.15, 0.2) is 23.1 Å². The Morgan fingerprint density at radius 1 is 1.23 bits per heavy atom. The van der Waals surface area contributed by atoms with E-state index in [0.29, 0.717) is 10.5 Å². The van der Waals surface area contributed by atoms with Gasteiger partial charge in [0.1, 0.15) is 11.9 Å². The van der Waals surface area contributed by atoms with Crippen molar-refractivity contribution < 1.29 is 18.7 Å². The Hall–Kier alpha value is -1.36. The molecule has 0 heterocycles. The fourth-order valence-electron chi connectivity index (χ4n) is 2.55. The van der Waals surface area contributed by atoms with Crippen LogP contribution in [0.1, 0.15) is 55.8 Å². The minimum atomic E-state index is -0.472. The van der Waals surface area contributed by atoms with Crippen molar-refractivity contribution in [2.75, 3.05) is 5.75 Å². The van der Waals surface area contributed by atoms with E-state index >= 15 is 0 Å². The predicted molar refractivity (Wildman–Crippen MR) is 84.7 cm³/mol. The smallest absolute Gasteiger partial charge is 0.316 e. The minimum Gasteiger partial charge on any atom is -0.462 e. The Morgan fingerprint density at radius 2 is 1.91 bits per heavy atom. The zero-order chi connectivity index (χ0) is 15.9. The van der Waals surface area contributed by atoms with Crippen LogP contribution in [-0.2, 0) is 9.53 Å². The summed E-state index contributed by atoms with van der Waals surface area (Å²) in [5, 5.41) is 0. The number of rotatable bonds is 5. The maximum Gasteiger partial charge on any atom is 0.316 e. The van der Waals surface area contributed by atoms with Crippen molar-refractivity contribution in [3.8, 4) is 0 Å². The molecule has 1 aliphatic rings. The molecule has 120 valence electrons. The quantitative estimate of drug-likeness (QED) is 0.349. The fourth-order valence-corrected chi connectivity index (χ4v) is 3.26. The van der Waals surface area contributed by atoms with Gasteiger partial charge in [-0.3, -0.25) is 9.59 Å². The average Bonchev–Trinajstić information content (AvgIpc) is 2.74. The SMILES string of the molecule is CC(=O)c1ccc(SCC(=O)OC2CCCCCC2)c(F)c1. The Morgan fingerprint density at radius 3 is 2.50 bits per heavy atom. The third-order valence-corrected chi connectivity index (χ3v) is 4.81. The summed E-state index contributed by atoms with van der Waals surface area (Å²) >= 11 is 1.11. The van der Waals surface area contributed by atoms with E-state index in [1.54, 1.807) is 6.07 Å². The third kappa shape index (κ3) is 5.13. The highest BCUT2D eigenvalue weighted by Crippen LogP contribution is 2.24. The van der Waals surface area contributed by atoms with E-state index in [2.05, 4.69) is 0 Å². The van der Waals surface area contributed by atoms with E-state index in [0.717, 1.165) is 37.4 Å². The lowest BCUT2D eigenvalue weighted by Gasteiger charge is -2.15. The van der Waals surface area contributed by atoms with Crippen molar-refractivity contribution in [1.29, 1.82) is 0 Å². The highest BCUT2D eigenvalue weighted by Gasteiger charge is 2.17. The Bertz CT molecular complexity index is 537. The second-order valence-corrected chi connectivity index (χ2v) is 6.61. The van der Waals surface area contributed by atoms with Crippen LogP contribution in [0, 0.1) is 5.82 Å². The summed E-state index contributed by atoms with van der Waals surface area (Å²) in [5.41, 5.74) is 0.336. The molecular weight excluding hydrogens is 303 g/mol. The van der Waals surface area contributed by atoms with Gasteiger partial charge in [0.25, 0.3) is 0 Å². The van der Waals surface area contributed by atoms with Crippen LogP contribution in [0.5, 0.6) is 0 Å². The Balaban J connectivity index is 1.84. The molecule has 0 aromatic heterocycles. The molecule has 0 atom stereocenters. The summed E-state index contributed by atoms with van der Waals surface area (Å²) in [4.78, 5) is 23.4. The van der Waals surface area contributed by atoms with Gasteiger partial charge in [-0.1, -0.05) is 18.9 Å². The number of benzene rings is 1. The molecule has 2 rings (SSSR count). The second kappa shape index (κ2) is 8.32. The van der Waals surface area contributed by atoms with Crippen molar-refractivity contribution in [2.24, 2.45) is 0 Å². The average molecular weight is 324 g/mol. The summed E-state index contributed by atoms with van der Waals surface area (Å²) in [7, 11) is 0. The van der Waals surface area contributed by atoms with Gasteiger partial charge in [0.05, 0.1) is 5.75 Å². The number of esters is 1. The van der Waals surface area contributed by atoms with E-state index in [1.165, 1.54) is 31.9 Å². The molecule has 22 heavy (non-hydrogen) atoms. The van der Waals surface area contributed by atoms with Gasteiger partial charge in [-0.05, 0) is 44.7 Å². The normalized spacial score (nSPS) is 16.1. The monoisotopic (exact) mass is 324 g/mol. The topological polar surface area (TPSA) is 43.4 Å². The molecule has 0 aliphatic heterocycles. The van der Waals surface area contributed by atoms with Gasteiger partial charge in [-0.15, -0.1) is 11.8 Å². The van der Waals surface area contributed by atoms with E-state index < -0.39 is 5.82 Å². The maximum absolute atomic E-state index is 13.8. The maximum atomic E-state index is 13.8. The number of halogens is 1. The summed E-state index contributed by atoms with van der Waals surface area (Å²) in [6.45, 7) is 1.39. The molecule has 1 saturated carbocycles. The van der Waals surface area contributed by atoms with Gasteiger partial charge in [0, 0.05) is 10.5 Å². The van der Waals surface area contributed by atoms with Crippen LogP contribution in [-0.4, -0.2) is 23.6 Å². The van der Waals surface area contributed by atoms with E-state index in [1.807, 2.05) is 0 Å². The number of ketones is 1. The van der Waals surface area contributed by atoms with Crippen LogP contribution in [0.25, 0.3) is 0 Å². The van der Waals surface area contributed by atoms with Crippen LogP contribution in [0.3, 0.4) is 0 Å². The van der Waals surface area contributed by atoms with Crippen LogP contribution in [0.4, 0.5) is 4.39 Å². The molecule has 0 saturated heterocycles. The molecule has 0 amide bonds. The number of ether oxygens (including phenoxy) is 1. The Labute approximate surface area is 134 Å². The van der Waals surface area contributed by atoms with E-state index in [9.17, 15) is 14.0 Å². The number of hydrogen-bond donors (Lipinski definition) is 0. The van der Waals surface area contributed by atoms with Crippen molar-refractivity contribution in [1.82, 2.24) is 0 Å². The molecule has 1 aromatic carbocycles. The van der Waals surface area contributed by atoms with Crippen molar-refractivity contribution in [2.45, 2.75) is 56.4 Å². The number of carbonyl (C=O) groups is 2. The predicted octanol–water partition coefficient (Wildman–Crippen LogP) is 4.39. The first-order valence-electron chi connectivity index (χ1n) is 7.69. The lowest BCUT2D eigenvalue weighted by atomic mass is 10.1. The van der Waals surface area contributed by atoms with Crippen molar-refractivity contribution >= 4 is 23.5 Å². The lowest BCUT2D eigenvalue weighted by molar-refractivity contribution is -0.146. The summed E-state index contributed by atoms with van der Waals surface area (Å²) in [6.07, 6.45) is 6.49. The van der Waals surface area contributed by atoms with Gasteiger partial charge in [0.2, 0.25) is 0 Å². The number of carbonyl (C=O) groups excluding carboxylic acids is 2. The van der Waals surface area contributed by atoms with Gasteiger partial charge >= 0.3 is 5.97 Å². The minimum absolute atomic E-state index is 0.0144. The fraction of sp³-hybridized carbons (Fsp3) is 0.529. The lowest BCUT2D eigenvalue weighted by Crippen LogP contribution is -2.18. The molecular formula is C17H21FO3S. The summed E-state index contributed by atoms with van der Waals surface area (Å²) < 4.78 is 19.3. The van der Waals surface area contributed by atoms with E-state index in [-0.39, 0.29) is 23.6 Å². The zero-order valence-corrected chi connectivity index (χ0v) is 13.6. The molecule has 0 radical (unpaired) electrons. The molecule has 1 aliphatic carbocycles. The van der Waals surface area contributed by atoms with Crippen molar-refractivity contribution in [3.05, 3.63) is 29.6 Å². The molecule has 0 bridgehead atoms. The molecule has 0 spiro atoms. The third-order valence-electron chi connectivity index (χ3n) is 3.78. The van der Waals surface area contributed by atoms with E-state index in [4.69, 9.17) is 4.74 Å². The van der Waals surface area contributed by atoms with Crippen LogP contribution >= 0.6 is 11.8 Å². The number of hydrogen-bond acceptors (Lipinski definition) is 4. The van der Waals surface area contributed by atoms with Gasteiger partial charge in [-0.2, -0.15) is 0 Å². The largest absolute Gasteiger partial charge is 0.462 e. The summed E-state index contributed by atoms with van der Waals surface area (Å²) in [5.74, 6) is -0.859. The number of thioether (sulfide) groups is 1. The molecule has 1 fully saturated rings. The zero-order valence-electron chi connectivity index (χ0n) is 12.8. The standard InChI is InChI=1S/C17H21FO3S/c1-12(19)13-8-9-16(15(18)10-13)22-11-17(20)21-14-6-4-2-3-5-7-14/h8-10,14H,2-7,11H2,1H3. The first-order chi connectivity index (χ1) is 10.6. The number of Topliss-reactive ketones (excluding diaryl/α,β-unsaturated/α-hetero) is 1. The van der Waals surface area contributed by atoms with Gasteiger partial charge in [0.15, 0.2) is 5.78 Å². The van der Waals surface area contributed by atoms with Gasteiger partial charge in [-0.25, -0.2) is 4.39 Å². The molecule has 0 N–H and O–H groups in total. The Kier molecular flexibility index (Phi) is 6.43. The first kappa shape index (κ1) is 17.0. The molecule has 5 heteroatoms. The summed E-state index contributed by atoms with van der Waals surface area (Å²) in [6, 6.07) is 4.32. The van der Waals surface area contributed by atoms with Gasteiger partial charge < -0.3 is 4.74 Å². The van der Waals surface area contributed by atoms with Crippen LogP contribution < -0.4 is 0 Å². The highest BCUT2D eigenvalue weighted by molar-refractivity contribution is 8.00. The van der Waals surface area contributed by atoms with Crippen molar-refractivity contribution in [3.63, 3.8) is 0 Å². The molecule has 0 unspecified atom stereocenters. The second-order valence-electron chi connectivity index (χ2n) is 5.59. The highest BCUT2D eigenvalue weighted by atomic mass is 32.2. The van der Waals surface area contributed by atoms with Crippen LogP contribution in [0.2, 0.25) is 0 Å².